The molecule has 0 atom stereocenters. The highest BCUT2D eigenvalue weighted by Gasteiger charge is 2.13. The minimum absolute atomic E-state index is 0.243. The van der Waals surface area contributed by atoms with Crippen LogP contribution in [0.1, 0.15) is 5.82 Å². The van der Waals surface area contributed by atoms with E-state index in [2.05, 4.69) is 15.0 Å². The van der Waals surface area contributed by atoms with Gasteiger partial charge in [-0.2, -0.15) is 0 Å². The second-order valence-corrected chi connectivity index (χ2v) is 7.15. The van der Waals surface area contributed by atoms with Crippen molar-refractivity contribution < 1.29 is 9.47 Å². The predicted molar refractivity (Wildman–Crippen MR) is 113 cm³/mol. The van der Waals surface area contributed by atoms with Crippen LogP contribution in [0.2, 0.25) is 0 Å². The first-order valence-corrected chi connectivity index (χ1v) is 9.75. The Balaban J connectivity index is 1.60. The molecule has 8 nitrogen and oxygen atoms in total. The van der Waals surface area contributed by atoms with Crippen LogP contribution in [0.3, 0.4) is 0 Å². The number of nitrogens with one attached hydrogen (secondary N) is 1. The van der Waals surface area contributed by atoms with Gasteiger partial charge in [0.15, 0.2) is 16.7 Å². The fourth-order valence-corrected chi connectivity index (χ4v) is 3.71. The minimum atomic E-state index is -0.243. The summed E-state index contributed by atoms with van der Waals surface area (Å²) < 4.78 is 12.0. The van der Waals surface area contributed by atoms with Gasteiger partial charge in [0.2, 0.25) is 0 Å². The first kappa shape index (κ1) is 18.9. The van der Waals surface area contributed by atoms with Crippen molar-refractivity contribution in [2.75, 3.05) is 20.1 Å². The molecule has 2 heterocycles. The molecule has 29 heavy (non-hydrogen) atoms. The van der Waals surface area contributed by atoms with E-state index in [9.17, 15) is 4.79 Å². The molecule has 4 rings (SSSR count). The van der Waals surface area contributed by atoms with Crippen molar-refractivity contribution in [3.8, 4) is 22.8 Å². The molecule has 9 heteroatoms. The molecule has 0 aliphatic heterocycles. The van der Waals surface area contributed by atoms with Crippen LogP contribution in [0.25, 0.3) is 22.2 Å². The van der Waals surface area contributed by atoms with Crippen LogP contribution in [0, 0.1) is 0 Å². The van der Waals surface area contributed by atoms with Gasteiger partial charge in [-0.1, -0.05) is 42.1 Å². The number of nitrogens with zero attached hydrogens (tertiary/aromatic N) is 3. The molecule has 2 aromatic heterocycles. The summed E-state index contributed by atoms with van der Waals surface area (Å²) in [6.07, 6.45) is 1.77. The maximum Gasteiger partial charge on any atom is 0.258 e. The Morgan fingerprint density at radius 2 is 1.83 bits per heavy atom. The molecule has 0 saturated heterocycles. The van der Waals surface area contributed by atoms with Crippen LogP contribution < -0.4 is 20.9 Å². The molecule has 0 bridgehead atoms. The van der Waals surface area contributed by atoms with Gasteiger partial charge in [0.1, 0.15) is 5.82 Å². The van der Waals surface area contributed by atoms with E-state index < -0.39 is 0 Å². The maximum atomic E-state index is 12.5. The number of hydrogen-bond donors (Lipinski definition) is 2. The van der Waals surface area contributed by atoms with E-state index in [1.165, 1.54) is 23.5 Å². The number of methoxy groups -OCH3 is 2. The fraction of sp³-hybridized carbons (Fsp3) is 0.150. The predicted octanol–water partition coefficient (Wildman–Crippen LogP) is 2.81. The largest absolute Gasteiger partial charge is 0.493 e. The normalized spacial score (nSPS) is 11.0. The van der Waals surface area contributed by atoms with Gasteiger partial charge in [0.05, 0.1) is 42.8 Å². The van der Waals surface area contributed by atoms with Crippen molar-refractivity contribution in [3.63, 3.8) is 0 Å². The summed E-state index contributed by atoms with van der Waals surface area (Å²) >= 11 is 1.39. The average Bonchev–Trinajstić information content (AvgIpc) is 3.12. The Morgan fingerprint density at radius 3 is 2.55 bits per heavy atom. The third-order valence-electron chi connectivity index (χ3n) is 4.37. The highest BCUT2D eigenvalue weighted by molar-refractivity contribution is 7.98. The molecule has 0 aliphatic rings. The van der Waals surface area contributed by atoms with Crippen LogP contribution in [0.15, 0.2) is 58.6 Å². The SMILES string of the molecule is COc1cc2nc(CSc3nc(-c4ccccc4)cn3N)[nH]c(=O)c2cc1OC. The van der Waals surface area contributed by atoms with Crippen molar-refractivity contribution >= 4 is 22.7 Å². The monoisotopic (exact) mass is 409 g/mol. The summed E-state index contributed by atoms with van der Waals surface area (Å²) in [5, 5.41) is 1.06. The third kappa shape index (κ3) is 3.77. The Labute approximate surface area is 170 Å². The van der Waals surface area contributed by atoms with Crippen LogP contribution in [-0.4, -0.2) is 33.8 Å². The van der Waals surface area contributed by atoms with Gasteiger partial charge in [-0.05, 0) is 6.07 Å². The van der Waals surface area contributed by atoms with E-state index in [4.69, 9.17) is 15.3 Å². The maximum absolute atomic E-state index is 12.5. The van der Waals surface area contributed by atoms with Gasteiger partial charge in [0, 0.05) is 11.6 Å². The molecule has 0 aliphatic carbocycles. The first-order valence-electron chi connectivity index (χ1n) is 8.76. The van der Waals surface area contributed by atoms with E-state index >= 15 is 0 Å². The summed E-state index contributed by atoms with van der Waals surface area (Å²) in [6, 6.07) is 13.1. The number of aromatic amines is 1. The lowest BCUT2D eigenvalue weighted by Crippen LogP contribution is -2.12. The molecule has 0 amide bonds. The number of fused-ring (bicyclic) bond motifs is 1. The minimum Gasteiger partial charge on any atom is -0.493 e. The molecule has 0 radical (unpaired) electrons. The second kappa shape index (κ2) is 7.88. The molecule has 2 aromatic carbocycles. The molecular weight excluding hydrogens is 390 g/mol. The quantitative estimate of drug-likeness (QED) is 0.372. The van der Waals surface area contributed by atoms with Crippen molar-refractivity contribution in [1.29, 1.82) is 0 Å². The standard InChI is InChI=1S/C20H19N5O3S/c1-27-16-8-13-14(9-17(16)28-2)22-18(24-19(13)26)11-29-20-23-15(10-25(20)21)12-6-4-3-5-7-12/h3-10H,11,21H2,1-2H3,(H,22,24,26). The number of rotatable bonds is 6. The van der Waals surface area contributed by atoms with E-state index in [-0.39, 0.29) is 5.56 Å². The molecule has 4 aromatic rings. The van der Waals surface area contributed by atoms with Crippen molar-refractivity contribution in [1.82, 2.24) is 19.6 Å². The summed E-state index contributed by atoms with van der Waals surface area (Å²) in [6.45, 7) is 0. The fourth-order valence-electron chi connectivity index (χ4n) is 2.95. The van der Waals surface area contributed by atoms with E-state index in [1.807, 2.05) is 30.3 Å². The number of nitrogens with two attached hydrogens (primary N) is 1. The Morgan fingerprint density at radius 1 is 1.10 bits per heavy atom. The Kier molecular flexibility index (Phi) is 5.13. The molecule has 148 valence electrons. The lowest BCUT2D eigenvalue weighted by atomic mass is 10.2. The zero-order valence-corrected chi connectivity index (χ0v) is 16.7. The number of aromatic nitrogens is 4. The summed E-state index contributed by atoms with van der Waals surface area (Å²) in [7, 11) is 3.06. The van der Waals surface area contributed by atoms with E-state index in [0.717, 1.165) is 11.3 Å². The van der Waals surface area contributed by atoms with Crippen LogP contribution in [0.5, 0.6) is 11.5 Å². The van der Waals surface area contributed by atoms with Crippen molar-refractivity contribution in [3.05, 3.63) is 64.8 Å². The van der Waals surface area contributed by atoms with Crippen LogP contribution in [-0.2, 0) is 5.75 Å². The number of benzene rings is 2. The highest BCUT2D eigenvalue weighted by Crippen LogP contribution is 2.30. The number of imidazole rings is 1. The lowest BCUT2D eigenvalue weighted by Gasteiger charge is -2.09. The highest BCUT2D eigenvalue weighted by atomic mass is 32.2. The zero-order chi connectivity index (χ0) is 20.4. The Bertz CT molecular complexity index is 1220. The smallest absolute Gasteiger partial charge is 0.258 e. The number of hydrogen-bond acceptors (Lipinski definition) is 7. The summed E-state index contributed by atoms with van der Waals surface area (Å²) in [5.41, 5.74) is 2.06. The van der Waals surface area contributed by atoms with Gasteiger partial charge in [-0.3, -0.25) is 4.79 Å². The van der Waals surface area contributed by atoms with Gasteiger partial charge < -0.3 is 20.3 Å². The van der Waals surface area contributed by atoms with Gasteiger partial charge in [0.25, 0.3) is 5.56 Å². The van der Waals surface area contributed by atoms with Crippen LogP contribution >= 0.6 is 11.8 Å². The van der Waals surface area contributed by atoms with Crippen LogP contribution in [0.4, 0.5) is 0 Å². The third-order valence-corrected chi connectivity index (χ3v) is 5.34. The number of thioether (sulfide) groups is 1. The number of H-pyrrole nitrogens is 1. The van der Waals surface area contributed by atoms with E-state index in [0.29, 0.717) is 39.1 Å². The zero-order valence-electron chi connectivity index (χ0n) is 15.9. The van der Waals surface area contributed by atoms with Gasteiger partial charge in [-0.25, -0.2) is 14.6 Å². The van der Waals surface area contributed by atoms with Gasteiger partial charge >= 0.3 is 0 Å². The molecule has 0 unspecified atom stereocenters. The molecule has 0 fully saturated rings. The lowest BCUT2D eigenvalue weighted by molar-refractivity contribution is 0.355. The first-order chi connectivity index (χ1) is 14.1. The molecular formula is C20H19N5O3S. The van der Waals surface area contributed by atoms with Gasteiger partial charge in [-0.15, -0.1) is 0 Å². The second-order valence-electron chi connectivity index (χ2n) is 6.21. The number of ether oxygens (including phenoxy) is 2. The summed E-state index contributed by atoms with van der Waals surface area (Å²) in [4.78, 5) is 24.4. The molecule has 3 N–H and O–H groups in total. The molecule has 0 saturated carbocycles. The Hall–Kier alpha value is -3.46. The number of nitrogen functional groups attached to an aromatic ring is 1. The summed E-state index contributed by atoms with van der Waals surface area (Å²) in [5.74, 6) is 7.96. The topological polar surface area (TPSA) is 108 Å². The van der Waals surface area contributed by atoms with E-state index in [1.54, 1.807) is 25.4 Å². The average molecular weight is 409 g/mol. The van der Waals surface area contributed by atoms with Crippen molar-refractivity contribution in [2.24, 2.45) is 0 Å². The molecule has 0 spiro atoms. The van der Waals surface area contributed by atoms with Crippen molar-refractivity contribution in [2.45, 2.75) is 10.9 Å².